The van der Waals surface area contributed by atoms with Crippen LogP contribution in [0, 0.1) is 5.82 Å². The van der Waals surface area contributed by atoms with Crippen LogP contribution in [0.15, 0.2) is 48.5 Å². The second kappa shape index (κ2) is 5.85. The minimum Gasteiger partial charge on any atom is -0.368 e. The molecule has 0 saturated heterocycles. The highest BCUT2D eigenvalue weighted by molar-refractivity contribution is 5.90. The molecule has 0 atom stereocenters. The maximum Gasteiger partial charge on any atom is 0.162 e. The zero-order valence-electron chi connectivity index (χ0n) is 11.4. The highest BCUT2D eigenvalue weighted by Crippen LogP contribution is 2.24. The minimum absolute atomic E-state index is 0.277. The normalized spacial score (nSPS) is 10.8. The lowest BCUT2D eigenvalue weighted by Crippen LogP contribution is -2.14. The van der Waals surface area contributed by atoms with Gasteiger partial charge in [-0.15, -0.1) is 0 Å². The van der Waals surface area contributed by atoms with E-state index in [-0.39, 0.29) is 5.82 Å². The number of halogens is 1. The third-order valence-electron chi connectivity index (χ3n) is 3.14. The Bertz CT molecular complexity index is 756. The van der Waals surface area contributed by atoms with Gasteiger partial charge < -0.3 is 11.1 Å². The summed E-state index contributed by atoms with van der Waals surface area (Å²) in [6, 6.07) is 13.9. The zero-order chi connectivity index (χ0) is 14.7. The van der Waals surface area contributed by atoms with Crippen LogP contribution in [-0.2, 0) is 0 Å². The molecule has 21 heavy (non-hydrogen) atoms. The summed E-state index contributed by atoms with van der Waals surface area (Å²) < 4.78 is 13.0. The smallest absolute Gasteiger partial charge is 0.162 e. The predicted octanol–water partition coefficient (Wildman–Crippen LogP) is 2.81. The van der Waals surface area contributed by atoms with Crippen LogP contribution in [0.4, 0.5) is 10.2 Å². The van der Waals surface area contributed by atoms with Crippen molar-refractivity contribution in [2.45, 2.75) is 0 Å². The maximum absolute atomic E-state index is 13.0. The van der Waals surface area contributed by atoms with Crippen molar-refractivity contribution in [3.63, 3.8) is 0 Å². The van der Waals surface area contributed by atoms with Crippen molar-refractivity contribution >= 4 is 16.7 Å². The molecule has 4 nitrogen and oxygen atoms in total. The number of nitrogens with zero attached hydrogens (tertiary/aromatic N) is 2. The van der Waals surface area contributed by atoms with E-state index in [1.165, 1.54) is 12.1 Å². The van der Waals surface area contributed by atoms with Gasteiger partial charge in [-0.2, -0.15) is 0 Å². The number of hydrogen-bond donors (Lipinski definition) is 2. The molecular formula is C16H15FN4. The third kappa shape index (κ3) is 2.83. The summed E-state index contributed by atoms with van der Waals surface area (Å²) in [6.07, 6.45) is 0. The van der Waals surface area contributed by atoms with E-state index in [4.69, 9.17) is 5.73 Å². The van der Waals surface area contributed by atoms with E-state index in [1.54, 1.807) is 12.1 Å². The average Bonchev–Trinajstić information content (AvgIpc) is 2.53. The first-order valence-electron chi connectivity index (χ1n) is 6.74. The van der Waals surface area contributed by atoms with Crippen molar-refractivity contribution in [2.24, 2.45) is 5.73 Å². The predicted molar refractivity (Wildman–Crippen MR) is 82.5 cm³/mol. The number of benzene rings is 2. The molecule has 0 amide bonds. The highest BCUT2D eigenvalue weighted by Gasteiger charge is 2.08. The molecule has 0 aliphatic heterocycles. The molecule has 2 aromatic carbocycles. The van der Waals surface area contributed by atoms with E-state index in [0.717, 1.165) is 22.3 Å². The first kappa shape index (κ1) is 13.5. The molecule has 0 bridgehead atoms. The molecule has 3 N–H and O–H groups in total. The van der Waals surface area contributed by atoms with E-state index in [0.29, 0.717) is 18.9 Å². The number of hydrogen-bond acceptors (Lipinski definition) is 4. The van der Waals surface area contributed by atoms with Gasteiger partial charge in [0, 0.05) is 24.0 Å². The number of para-hydroxylation sites is 1. The van der Waals surface area contributed by atoms with Gasteiger partial charge >= 0.3 is 0 Å². The quantitative estimate of drug-likeness (QED) is 0.772. The molecule has 3 aromatic rings. The molecule has 0 fully saturated rings. The van der Waals surface area contributed by atoms with Gasteiger partial charge in [-0.3, -0.25) is 0 Å². The molecule has 0 saturated carbocycles. The monoisotopic (exact) mass is 282 g/mol. The summed E-state index contributed by atoms with van der Waals surface area (Å²) in [5.74, 6) is 1.03. The van der Waals surface area contributed by atoms with Crippen LogP contribution in [-0.4, -0.2) is 23.1 Å². The molecule has 0 aliphatic carbocycles. The lowest BCUT2D eigenvalue weighted by molar-refractivity contribution is 0.628. The van der Waals surface area contributed by atoms with Gasteiger partial charge in [-0.1, -0.05) is 12.1 Å². The van der Waals surface area contributed by atoms with Gasteiger partial charge in [0.15, 0.2) is 5.82 Å². The van der Waals surface area contributed by atoms with Crippen LogP contribution >= 0.6 is 0 Å². The Hall–Kier alpha value is -2.53. The van der Waals surface area contributed by atoms with Crippen molar-refractivity contribution < 1.29 is 4.39 Å². The average molecular weight is 282 g/mol. The molecule has 5 heteroatoms. The van der Waals surface area contributed by atoms with Crippen LogP contribution < -0.4 is 11.1 Å². The molecule has 0 aliphatic rings. The number of rotatable bonds is 4. The Balaban J connectivity index is 2.12. The Kier molecular flexibility index (Phi) is 3.75. The molecule has 1 aromatic heterocycles. The Labute approximate surface area is 121 Å². The molecule has 0 radical (unpaired) electrons. The number of nitrogens with one attached hydrogen (secondary N) is 1. The highest BCUT2D eigenvalue weighted by atomic mass is 19.1. The summed E-state index contributed by atoms with van der Waals surface area (Å²) in [5.41, 5.74) is 7.15. The van der Waals surface area contributed by atoms with E-state index >= 15 is 0 Å². The second-order valence-electron chi connectivity index (χ2n) is 4.64. The van der Waals surface area contributed by atoms with Gasteiger partial charge in [-0.25, -0.2) is 14.4 Å². The standard InChI is InChI=1S/C16H15FN4/c17-12-7-5-11(6-8-12)15-20-14-4-2-1-3-13(14)16(21-15)19-10-9-18/h1-8H,9-10,18H2,(H,19,20,21). The fourth-order valence-corrected chi connectivity index (χ4v) is 2.13. The Morgan fingerprint density at radius 3 is 2.52 bits per heavy atom. The van der Waals surface area contributed by atoms with Gasteiger partial charge in [-0.05, 0) is 36.4 Å². The first-order chi connectivity index (χ1) is 10.3. The third-order valence-corrected chi connectivity index (χ3v) is 3.14. The van der Waals surface area contributed by atoms with Crippen LogP contribution in [0.25, 0.3) is 22.3 Å². The van der Waals surface area contributed by atoms with E-state index in [2.05, 4.69) is 15.3 Å². The van der Waals surface area contributed by atoms with Crippen molar-refractivity contribution in [2.75, 3.05) is 18.4 Å². The van der Waals surface area contributed by atoms with Crippen molar-refractivity contribution in [1.82, 2.24) is 9.97 Å². The largest absolute Gasteiger partial charge is 0.368 e. The van der Waals surface area contributed by atoms with E-state index < -0.39 is 0 Å². The molecule has 0 spiro atoms. The van der Waals surface area contributed by atoms with Gasteiger partial charge in [0.05, 0.1) is 5.52 Å². The van der Waals surface area contributed by atoms with Crippen LogP contribution in [0.5, 0.6) is 0 Å². The van der Waals surface area contributed by atoms with Gasteiger partial charge in [0.25, 0.3) is 0 Å². The summed E-state index contributed by atoms with van der Waals surface area (Å²) in [6.45, 7) is 1.15. The zero-order valence-corrected chi connectivity index (χ0v) is 11.4. The second-order valence-corrected chi connectivity index (χ2v) is 4.64. The van der Waals surface area contributed by atoms with Gasteiger partial charge in [0.2, 0.25) is 0 Å². The van der Waals surface area contributed by atoms with Crippen molar-refractivity contribution in [1.29, 1.82) is 0 Å². The van der Waals surface area contributed by atoms with Crippen molar-refractivity contribution in [3.05, 3.63) is 54.3 Å². The molecule has 1 heterocycles. The fraction of sp³-hybridized carbons (Fsp3) is 0.125. The van der Waals surface area contributed by atoms with Crippen molar-refractivity contribution in [3.8, 4) is 11.4 Å². The minimum atomic E-state index is -0.277. The van der Waals surface area contributed by atoms with Crippen LogP contribution in [0.1, 0.15) is 0 Å². The molecule has 106 valence electrons. The van der Waals surface area contributed by atoms with Gasteiger partial charge in [0.1, 0.15) is 11.6 Å². The van der Waals surface area contributed by atoms with E-state index in [1.807, 2.05) is 24.3 Å². The lowest BCUT2D eigenvalue weighted by atomic mass is 10.2. The number of fused-ring (bicyclic) bond motifs is 1. The molecular weight excluding hydrogens is 267 g/mol. The summed E-state index contributed by atoms with van der Waals surface area (Å²) in [4.78, 5) is 9.08. The molecule has 0 unspecified atom stereocenters. The van der Waals surface area contributed by atoms with E-state index in [9.17, 15) is 4.39 Å². The molecule has 3 rings (SSSR count). The fourth-order valence-electron chi connectivity index (χ4n) is 2.13. The Morgan fingerprint density at radius 1 is 1.00 bits per heavy atom. The lowest BCUT2D eigenvalue weighted by Gasteiger charge is -2.10. The Morgan fingerprint density at radius 2 is 1.76 bits per heavy atom. The summed E-state index contributed by atoms with van der Waals surface area (Å²) in [5, 5.41) is 4.15. The number of nitrogens with two attached hydrogens (primary N) is 1. The topological polar surface area (TPSA) is 63.8 Å². The van der Waals surface area contributed by atoms with Crippen LogP contribution in [0.3, 0.4) is 0 Å². The number of anilines is 1. The number of aromatic nitrogens is 2. The maximum atomic E-state index is 13.0. The summed E-state index contributed by atoms with van der Waals surface area (Å²) in [7, 11) is 0. The van der Waals surface area contributed by atoms with Crippen LogP contribution in [0.2, 0.25) is 0 Å². The summed E-state index contributed by atoms with van der Waals surface area (Å²) >= 11 is 0. The first-order valence-corrected chi connectivity index (χ1v) is 6.74. The SMILES string of the molecule is NCCNc1nc(-c2ccc(F)cc2)nc2ccccc12.